The standard InChI is InChI=1S/C16H15F3NO2/c17-16(18,19)13-6-7-20(11-12-4-2-1-3-5-12)14(10-13)15-21-8-9-22-15/h1-7,10,15H,8-9,11H2/q+1. The molecule has 0 atom stereocenters. The lowest BCUT2D eigenvalue weighted by Crippen LogP contribution is -2.40. The number of pyridine rings is 1. The largest absolute Gasteiger partial charge is 0.416 e. The zero-order chi connectivity index (χ0) is 15.6. The summed E-state index contributed by atoms with van der Waals surface area (Å²) in [6.45, 7) is 1.22. The molecule has 2 aromatic rings. The predicted molar refractivity (Wildman–Crippen MR) is 71.8 cm³/mol. The summed E-state index contributed by atoms with van der Waals surface area (Å²) in [5.41, 5.74) is 0.661. The van der Waals surface area contributed by atoms with E-state index in [2.05, 4.69) is 0 Å². The van der Waals surface area contributed by atoms with Crippen molar-refractivity contribution in [2.45, 2.75) is 19.0 Å². The lowest BCUT2D eigenvalue weighted by Gasteiger charge is -2.12. The Morgan fingerprint density at radius 2 is 1.73 bits per heavy atom. The zero-order valence-corrected chi connectivity index (χ0v) is 11.7. The van der Waals surface area contributed by atoms with Gasteiger partial charge in [0.2, 0.25) is 12.0 Å². The second-order valence-electron chi connectivity index (χ2n) is 5.03. The van der Waals surface area contributed by atoms with Crippen molar-refractivity contribution in [3.8, 4) is 0 Å². The molecule has 2 heterocycles. The third kappa shape index (κ3) is 3.28. The van der Waals surface area contributed by atoms with Gasteiger partial charge in [-0.25, -0.2) is 0 Å². The van der Waals surface area contributed by atoms with Gasteiger partial charge in [-0.15, -0.1) is 0 Å². The minimum atomic E-state index is -4.39. The summed E-state index contributed by atoms with van der Waals surface area (Å²) in [5, 5.41) is 0. The maximum absolute atomic E-state index is 12.9. The molecule has 0 aliphatic carbocycles. The smallest absolute Gasteiger partial charge is 0.341 e. The molecule has 0 bridgehead atoms. The van der Waals surface area contributed by atoms with Crippen LogP contribution in [-0.2, 0) is 22.2 Å². The van der Waals surface area contributed by atoms with Crippen LogP contribution in [0.15, 0.2) is 48.7 Å². The average molecular weight is 310 g/mol. The van der Waals surface area contributed by atoms with Crippen molar-refractivity contribution in [3.63, 3.8) is 0 Å². The highest BCUT2D eigenvalue weighted by Gasteiger charge is 2.36. The van der Waals surface area contributed by atoms with Crippen LogP contribution in [0.2, 0.25) is 0 Å². The molecule has 0 amide bonds. The lowest BCUT2D eigenvalue weighted by molar-refractivity contribution is -0.702. The molecule has 1 aliphatic rings. The summed E-state index contributed by atoms with van der Waals surface area (Å²) < 4.78 is 51.2. The van der Waals surface area contributed by atoms with Crippen molar-refractivity contribution >= 4 is 0 Å². The number of rotatable bonds is 3. The fourth-order valence-electron chi connectivity index (χ4n) is 2.38. The van der Waals surface area contributed by atoms with Crippen molar-refractivity contribution in [3.05, 3.63) is 65.5 Å². The van der Waals surface area contributed by atoms with E-state index < -0.39 is 18.0 Å². The lowest BCUT2D eigenvalue weighted by atomic mass is 10.1. The van der Waals surface area contributed by atoms with E-state index in [0.29, 0.717) is 25.5 Å². The van der Waals surface area contributed by atoms with Crippen LogP contribution in [0.3, 0.4) is 0 Å². The highest BCUT2D eigenvalue weighted by molar-refractivity contribution is 5.18. The second kappa shape index (κ2) is 6.06. The molecule has 1 aromatic carbocycles. The van der Waals surface area contributed by atoms with Gasteiger partial charge in [-0.2, -0.15) is 17.7 Å². The van der Waals surface area contributed by atoms with E-state index in [4.69, 9.17) is 9.47 Å². The maximum Gasteiger partial charge on any atom is 0.416 e. The molecule has 3 rings (SSSR count). The molecule has 0 saturated carbocycles. The molecular formula is C16H15F3NO2+. The van der Waals surface area contributed by atoms with Gasteiger partial charge in [0.15, 0.2) is 12.7 Å². The Labute approximate surface area is 125 Å². The van der Waals surface area contributed by atoms with Gasteiger partial charge < -0.3 is 9.47 Å². The Morgan fingerprint density at radius 1 is 1.05 bits per heavy atom. The van der Waals surface area contributed by atoms with Crippen LogP contribution in [0, 0.1) is 0 Å². The first-order valence-corrected chi connectivity index (χ1v) is 6.92. The Balaban J connectivity index is 1.97. The SMILES string of the molecule is FC(F)(F)c1cc[n+](Cc2ccccc2)c(C2OCCO2)c1. The minimum absolute atomic E-state index is 0.371. The van der Waals surface area contributed by atoms with Gasteiger partial charge in [-0.1, -0.05) is 30.3 Å². The summed E-state index contributed by atoms with van der Waals surface area (Å²) in [7, 11) is 0. The molecule has 1 fully saturated rings. The van der Waals surface area contributed by atoms with E-state index in [9.17, 15) is 13.2 Å². The van der Waals surface area contributed by atoms with Gasteiger partial charge in [0, 0.05) is 17.7 Å². The Kier molecular flexibility index (Phi) is 4.13. The number of ether oxygens (including phenoxy) is 2. The average Bonchev–Trinajstić information content (AvgIpc) is 3.01. The molecule has 22 heavy (non-hydrogen) atoms. The van der Waals surface area contributed by atoms with E-state index in [1.54, 1.807) is 4.57 Å². The molecule has 1 aliphatic heterocycles. The number of nitrogens with zero attached hydrogens (tertiary/aromatic N) is 1. The third-order valence-electron chi connectivity index (χ3n) is 3.46. The number of hydrogen-bond acceptors (Lipinski definition) is 2. The van der Waals surface area contributed by atoms with Crippen LogP contribution in [0.1, 0.15) is 23.1 Å². The van der Waals surface area contributed by atoms with Gasteiger partial charge in [0.1, 0.15) is 0 Å². The molecule has 1 saturated heterocycles. The fraction of sp³-hybridized carbons (Fsp3) is 0.312. The molecule has 0 spiro atoms. The van der Waals surface area contributed by atoms with Crippen molar-refractivity contribution in [2.24, 2.45) is 0 Å². The van der Waals surface area contributed by atoms with Crippen LogP contribution in [0.4, 0.5) is 13.2 Å². The summed E-state index contributed by atoms with van der Waals surface area (Å²) in [4.78, 5) is 0. The van der Waals surface area contributed by atoms with Gasteiger partial charge in [0.05, 0.1) is 18.8 Å². The van der Waals surface area contributed by atoms with Gasteiger partial charge in [0.25, 0.3) is 0 Å². The molecule has 3 nitrogen and oxygen atoms in total. The van der Waals surface area contributed by atoms with Crippen LogP contribution in [-0.4, -0.2) is 13.2 Å². The first-order chi connectivity index (χ1) is 10.5. The second-order valence-corrected chi connectivity index (χ2v) is 5.03. The van der Waals surface area contributed by atoms with Gasteiger partial charge in [-0.3, -0.25) is 0 Å². The molecule has 1 aromatic heterocycles. The van der Waals surface area contributed by atoms with Crippen molar-refractivity contribution < 1.29 is 27.2 Å². The number of halogens is 3. The van der Waals surface area contributed by atoms with Crippen LogP contribution in [0.5, 0.6) is 0 Å². The highest BCUT2D eigenvalue weighted by Crippen LogP contribution is 2.31. The number of benzene rings is 1. The summed E-state index contributed by atoms with van der Waals surface area (Å²) >= 11 is 0. The topological polar surface area (TPSA) is 22.3 Å². The molecule has 116 valence electrons. The van der Waals surface area contributed by atoms with E-state index in [1.165, 1.54) is 6.20 Å². The van der Waals surface area contributed by atoms with Crippen molar-refractivity contribution in [2.75, 3.05) is 13.2 Å². The third-order valence-corrected chi connectivity index (χ3v) is 3.46. The van der Waals surface area contributed by atoms with Crippen LogP contribution < -0.4 is 4.57 Å². The maximum atomic E-state index is 12.9. The summed E-state index contributed by atoms with van der Waals surface area (Å²) in [5.74, 6) is 0. The number of hydrogen-bond donors (Lipinski definition) is 0. The fourth-order valence-corrected chi connectivity index (χ4v) is 2.38. The minimum Gasteiger partial charge on any atom is -0.341 e. The normalized spacial score (nSPS) is 16.1. The Bertz CT molecular complexity index is 638. The summed E-state index contributed by atoms with van der Waals surface area (Å²) in [6.07, 6.45) is -3.72. The van der Waals surface area contributed by atoms with Crippen LogP contribution in [0.25, 0.3) is 0 Å². The molecule has 0 unspecified atom stereocenters. The first-order valence-electron chi connectivity index (χ1n) is 6.92. The quantitative estimate of drug-likeness (QED) is 0.813. The van der Waals surface area contributed by atoms with E-state index >= 15 is 0 Å². The van der Waals surface area contributed by atoms with Gasteiger partial charge in [-0.05, 0) is 0 Å². The molecule has 0 N–H and O–H groups in total. The molecule has 6 heteroatoms. The highest BCUT2D eigenvalue weighted by atomic mass is 19.4. The Morgan fingerprint density at radius 3 is 2.36 bits per heavy atom. The van der Waals surface area contributed by atoms with Crippen molar-refractivity contribution in [1.29, 1.82) is 0 Å². The van der Waals surface area contributed by atoms with Crippen molar-refractivity contribution in [1.82, 2.24) is 0 Å². The van der Waals surface area contributed by atoms with E-state index in [-0.39, 0.29) is 0 Å². The molecule has 0 radical (unpaired) electrons. The summed E-state index contributed by atoms with van der Waals surface area (Å²) in [6, 6.07) is 11.7. The first kappa shape index (κ1) is 15.0. The van der Waals surface area contributed by atoms with Crippen LogP contribution >= 0.6 is 0 Å². The van der Waals surface area contributed by atoms with Gasteiger partial charge >= 0.3 is 6.18 Å². The molecular weight excluding hydrogens is 295 g/mol. The Hall–Kier alpha value is -1.92. The number of alkyl halides is 3. The van der Waals surface area contributed by atoms with E-state index in [0.717, 1.165) is 17.7 Å². The number of aromatic nitrogens is 1. The van der Waals surface area contributed by atoms with E-state index in [1.807, 2.05) is 30.3 Å². The predicted octanol–water partition coefficient (Wildman–Crippen LogP) is 3.09. The zero-order valence-electron chi connectivity index (χ0n) is 11.7. The monoisotopic (exact) mass is 310 g/mol.